The smallest absolute Gasteiger partial charge is 0.331 e. The van der Waals surface area contributed by atoms with Gasteiger partial charge < -0.3 is 24.4 Å². The highest BCUT2D eigenvalue weighted by Gasteiger charge is 2.07. The number of H-pyrrole nitrogens is 2. The van der Waals surface area contributed by atoms with Crippen molar-refractivity contribution in [3.05, 3.63) is 58.4 Å². The van der Waals surface area contributed by atoms with Crippen LogP contribution in [0.25, 0.3) is 17.1 Å². The average Bonchev–Trinajstić information content (AvgIpc) is 3.15. The molecular weight excluding hydrogens is 326 g/mol. The topological polar surface area (TPSA) is 117 Å². The largest absolute Gasteiger partial charge is 0.462 e. The number of benzene rings is 1. The Hall–Kier alpha value is -3.55. The van der Waals surface area contributed by atoms with Crippen molar-refractivity contribution in [2.75, 3.05) is 11.9 Å². The summed E-state index contributed by atoms with van der Waals surface area (Å²) < 4.78 is 10.1. The third kappa shape index (κ3) is 4.25. The fourth-order valence-corrected chi connectivity index (χ4v) is 2.19. The van der Waals surface area contributed by atoms with Crippen LogP contribution >= 0.6 is 0 Å². The standard InChI is InChI=1S/C17H15N3O5/c1-10-2-4-12(25-10)5-7-16(22)24-9-15(21)18-11-3-6-13-14(8-11)20-17(23)19-13/h2-8H,9H2,1H3,(H,18,21)(H2,19,20,23)/b7-5+. The Morgan fingerprint density at radius 3 is 2.76 bits per heavy atom. The Balaban J connectivity index is 1.52. The van der Waals surface area contributed by atoms with Crippen LogP contribution in [0.1, 0.15) is 11.5 Å². The zero-order valence-corrected chi connectivity index (χ0v) is 13.3. The highest BCUT2D eigenvalue weighted by molar-refractivity contribution is 5.95. The second-order valence-corrected chi connectivity index (χ2v) is 5.28. The Labute approximate surface area is 141 Å². The maximum atomic E-state index is 11.8. The van der Waals surface area contributed by atoms with Gasteiger partial charge in [-0.05, 0) is 43.3 Å². The molecule has 0 fully saturated rings. The molecule has 25 heavy (non-hydrogen) atoms. The van der Waals surface area contributed by atoms with Gasteiger partial charge in [0.25, 0.3) is 5.91 Å². The van der Waals surface area contributed by atoms with Crippen molar-refractivity contribution in [2.45, 2.75) is 6.92 Å². The molecule has 1 aromatic carbocycles. The summed E-state index contributed by atoms with van der Waals surface area (Å²) in [5.74, 6) is 0.100. The highest BCUT2D eigenvalue weighted by atomic mass is 16.5. The molecule has 3 rings (SSSR count). The summed E-state index contributed by atoms with van der Waals surface area (Å²) in [7, 11) is 0. The van der Waals surface area contributed by atoms with Crippen molar-refractivity contribution in [3.63, 3.8) is 0 Å². The lowest BCUT2D eigenvalue weighted by Gasteiger charge is -2.05. The monoisotopic (exact) mass is 341 g/mol. The van der Waals surface area contributed by atoms with Crippen LogP contribution in [0.4, 0.5) is 5.69 Å². The second kappa shape index (κ2) is 6.91. The number of fused-ring (bicyclic) bond motifs is 1. The lowest BCUT2D eigenvalue weighted by molar-refractivity contribution is -0.142. The molecule has 0 saturated carbocycles. The van der Waals surface area contributed by atoms with E-state index in [2.05, 4.69) is 15.3 Å². The molecule has 128 valence electrons. The fourth-order valence-electron chi connectivity index (χ4n) is 2.19. The predicted octanol–water partition coefficient (Wildman–Crippen LogP) is 1.95. The molecular formula is C17H15N3O5. The van der Waals surface area contributed by atoms with E-state index in [0.29, 0.717) is 22.5 Å². The minimum Gasteiger partial charge on any atom is -0.462 e. The number of ether oxygens (including phenoxy) is 1. The Kier molecular flexibility index (Phi) is 4.51. The van der Waals surface area contributed by atoms with Crippen molar-refractivity contribution in [1.82, 2.24) is 9.97 Å². The molecule has 0 radical (unpaired) electrons. The maximum Gasteiger partial charge on any atom is 0.331 e. The fraction of sp³-hybridized carbons (Fsp3) is 0.118. The number of amides is 1. The number of carbonyl (C=O) groups excluding carboxylic acids is 2. The molecule has 2 aromatic heterocycles. The van der Waals surface area contributed by atoms with Crippen molar-refractivity contribution in [2.24, 2.45) is 0 Å². The van der Waals surface area contributed by atoms with Crippen LogP contribution in [-0.4, -0.2) is 28.5 Å². The van der Waals surface area contributed by atoms with Crippen LogP contribution < -0.4 is 11.0 Å². The van der Waals surface area contributed by atoms with Crippen LogP contribution in [0.15, 0.2) is 45.6 Å². The molecule has 0 aliphatic carbocycles. The normalized spacial score (nSPS) is 11.1. The number of rotatable bonds is 5. The van der Waals surface area contributed by atoms with Crippen molar-refractivity contribution < 1.29 is 18.7 Å². The third-order valence-electron chi connectivity index (χ3n) is 3.29. The number of hydrogen-bond donors (Lipinski definition) is 3. The van der Waals surface area contributed by atoms with Crippen LogP contribution in [-0.2, 0) is 14.3 Å². The van der Waals surface area contributed by atoms with Crippen LogP contribution in [0.5, 0.6) is 0 Å². The van der Waals surface area contributed by atoms with E-state index in [4.69, 9.17) is 9.15 Å². The van der Waals surface area contributed by atoms with Crippen molar-refractivity contribution in [3.8, 4) is 0 Å². The first-order valence-electron chi connectivity index (χ1n) is 7.43. The van der Waals surface area contributed by atoms with Crippen LogP contribution in [0.2, 0.25) is 0 Å². The summed E-state index contributed by atoms with van der Waals surface area (Å²) in [6.45, 7) is 1.36. The summed E-state index contributed by atoms with van der Waals surface area (Å²) in [4.78, 5) is 39.8. The molecule has 1 amide bonds. The van der Waals surface area contributed by atoms with E-state index < -0.39 is 18.5 Å². The molecule has 2 heterocycles. The summed E-state index contributed by atoms with van der Waals surface area (Å²) in [5.41, 5.74) is 1.35. The Morgan fingerprint density at radius 2 is 2.00 bits per heavy atom. The number of anilines is 1. The number of aromatic nitrogens is 2. The molecule has 0 bridgehead atoms. The highest BCUT2D eigenvalue weighted by Crippen LogP contribution is 2.14. The third-order valence-corrected chi connectivity index (χ3v) is 3.29. The first-order chi connectivity index (χ1) is 12.0. The summed E-state index contributed by atoms with van der Waals surface area (Å²) in [6.07, 6.45) is 2.64. The molecule has 8 heteroatoms. The quantitative estimate of drug-likeness (QED) is 0.484. The second-order valence-electron chi connectivity index (χ2n) is 5.28. The van der Waals surface area contributed by atoms with Gasteiger partial charge in [-0.15, -0.1) is 0 Å². The SMILES string of the molecule is Cc1ccc(/C=C/C(=O)OCC(=O)Nc2ccc3[nH]c(=O)[nH]c3c2)o1. The van der Waals surface area contributed by atoms with E-state index in [1.807, 2.05) is 0 Å². The van der Waals surface area contributed by atoms with E-state index >= 15 is 0 Å². The van der Waals surface area contributed by atoms with Crippen molar-refractivity contribution >= 4 is 34.7 Å². The number of hydrogen-bond acceptors (Lipinski definition) is 5. The molecule has 0 aliphatic rings. The van der Waals surface area contributed by atoms with Gasteiger partial charge in [0.2, 0.25) is 0 Å². The van der Waals surface area contributed by atoms with E-state index in [1.54, 1.807) is 37.3 Å². The molecule has 0 unspecified atom stereocenters. The van der Waals surface area contributed by atoms with Gasteiger partial charge in [0.15, 0.2) is 6.61 Å². The van der Waals surface area contributed by atoms with Gasteiger partial charge in [0.05, 0.1) is 11.0 Å². The van der Waals surface area contributed by atoms with Gasteiger partial charge in [-0.25, -0.2) is 9.59 Å². The molecule has 3 N–H and O–H groups in total. The summed E-state index contributed by atoms with van der Waals surface area (Å²) in [5, 5.41) is 2.58. The Morgan fingerprint density at radius 1 is 1.20 bits per heavy atom. The van der Waals surface area contributed by atoms with Crippen LogP contribution in [0.3, 0.4) is 0 Å². The van der Waals surface area contributed by atoms with E-state index in [-0.39, 0.29) is 5.69 Å². The molecule has 8 nitrogen and oxygen atoms in total. The number of aryl methyl sites for hydroxylation is 1. The van der Waals surface area contributed by atoms with Gasteiger partial charge in [0.1, 0.15) is 11.5 Å². The van der Waals surface area contributed by atoms with E-state index in [0.717, 1.165) is 5.76 Å². The van der Waals surface area contributed by atoms with Gasteiger partial charge in [0, 0.05) is 11.8 Å². The first kappa shape index (κ1) is 16.3. The predicted molar refractivity (Wildman–Crippen MR) is 91.0 cm³/mol. The van der Waals surface area contributed by atoms with Gasteiger partial charge in [-0.1, -0.05) is 0 Å². The molecule has 0 aliphatic heterocycles. The number of furan rings is 1. The lowest BCUT2D eigenvalue weighted by Crippen LogP contribution is -2.20. The lowest BCUT2D eigenvalue weighted by atomic mass is 10.3. The number of carbonyl (C=O) groups is 2. The van der Waals surface area contributed by atoms with Crippen molar-refractivity contribution in [1.29, 1.82) is 0 Å². The van der Waals surface area contributed by atoms with Gasteiger partial charge >= 0.3 is 11.7 Å². The number of imidazole rings is 1. The van der Waals surface area contributed by atoms with Crippen LogP contribution in [0, 0.1) is 6.92 Å². The summed E-state index contributed by atoms with van der Waals surface area (Å²) >= 11 is 0. The van der Waals surface area contributed by atoms with Gasteiger partial charge in [-0.3, -0.25) is 4.79 Å². The maximum absolute atomic E-state index is 11.8. The minimum absolute atomic E-state index is 0.328. The minimum atomic E-state index is -0.658. The van der Waals surface area contributed by atoms with E-state index in [1.165, 1.54) is 12.2 Å². The first-order valence-corrected chi connectivity index (χ1v) is 7.43. The number of esters is 1. The zero-order valence-electron chi connectivity index (χ0n) is 13.3. The van der Waals surface area contributed by atoms with E-state index in [9.17, 15) is 14.4 Å². The number of nitrogens with one attached hydrogen (secondary N) is 3. The molecule has 0 saturated heterocycles. The average molecular weight is 341 g/mol. The summed E-state index contributed by atoms with van der Waals surface area (Å²) in [6, 6.07) is 8.38. The molecule has 0 atom stereocenters. The zero-order chi connectivity index (χ0) is 17.8. The molecule has 3 aromatic rings. The number of aromatic amines is 2. The van der Waals surface area contributed by atoms with Gasteiger partial charge in [-0.2, -0.15) is 0 Å². The molecule has 0 spiro atoms. The Bertz CT molecular complexity index is 1010.